The van der Waals surface area contributed by atoms with Crippen LogP contribution in [-0.4, -0.2) is 53.2 Å². The van der Waals surface area contributed by atoms with E-state index in [-0.39, 0.29) is 11.9 Å². The van der Waals surface area contributed by atoms with Crippen molar-refractivity contribution in [2.45, 2.75) is 19.5 Å². The van der Waals surface area contributed by atoms with Crippen LogP contribution in [0.25, 0.3) is 0 Å². The smallest absolute Gasteiger partial charge is 0.238 e. The number of nitrogens with one attached hydrogen (secondary N) is 2. The zero-order valence-electron chi connectivity index (χ0n) is 9.85. The maximum atomic E-state index is 11.9. The van der Waals surface area contributed by atoms with E-state index in [0.29, 0.717) is 25.5 Å². The highest BCUT2D eigenvalue weighted by atomic mass is 16.5. The largest absolute Gasteiger partial charge is 0.355 e. The van der Waals surface area contributed by atoms with E-state index in [4.69, 9.17) is 4.52 Å². The maximum absolute atomic E-state index is 11.9. The van der Waals surface area contributed by atoms with Crippen LogP contribution in [0.15, 0.2) is 10.9 Å². The van der Waals surface area contributed by atoms with E-state index in [1.807, 2.05) is 6.92 Å². The summed E-state index contributed by atoms with van der Waals surface area (Å²) in [6, 6.07) is -0.165. The molecule has 0 spiro atoms. The molecule has 2 N–H and O–H groups in total. The number of aromatic nitrogens is 2. The third-order valence-corrected chi connectivity index (χ3v) is 2.76. The number of carbonyl (C=O) groups excluding carboxylic acids is 1. The summed E-state index contributed by atoms with van der Waals surface area (Å²) in [4.78, 5) is 17.9. The fourth-order valence-electron chi connectivity index (χ4n) is 1.93. The summed E-state index contributed by atoms with van der Waals surface area (Å²) in [7, 11) is 0. The molecule has 94 valence electrons. The van der Waals surface area contributed by atoms with Gasteiger partial charge in [0.15, 0.2) is 5.82 Å². The Hall–Kier alpha value is -1.47. The zero-order chi connectivity index (χ0) is 12.1. The van der Waals surface area contributed by atoms with Crippen molar-refractivity contribution in [1.29, 1.82) is 0 Å². The minimum absolute atomic E-state index is 0.0446. The lowest BCUT2D eigenvalue weighted by atomic mass is 10.1. The molecule has 1 saturated heterocycles. The lowest BCUT2D eigenvalue weighted by Gasteiger charge is -2.34. The molecule has 2 rings (SSSR count). The predicted octanol–water partition coefficient (Wildman–Crippen LogP) is -1.02. The van der Waals surface area contributed by atoms with E-state index < -0.39 is 0 Å². The molecule has 2 heterocycles. The van der Waals surface area contributed by atoms with Crippen LogP contribution in [0, 0.1) is 0 Å². The quantitative estimate of drug-likeness (QED) is 0.699. The van der Waals surface area contributed by atoms with E-state index in [1.54, 1.807) is 0 Å². The Morgan fingerprint density at radius 1 is 1.76 bits per heavy atom. The fraction of sp³-hybridized carbons (Fsp3) is 0.700. The highest BCUT2D eigenvalue weighted by Crippen LogP contribution is 2.07. The molecule has 7 nitrogen and oxygen atoms in total. The normalized spacial score (nSPS) is 21.4. The number of amides is 1. The van der Waals surface area contributed by atoms with Gasteiger partial charge in [-0.15, -0.1) is 0 Å². The highest BCUT2D eigenvalue weighted by Gasteiger charge is 2.28. The Morgan fingerprint density at radius 3 is 3.35 bits per heavy atom. The number of carbonyl (C=O) groups is 1. The van der Waals surface area contributed by atoms with Crippen molar-refractivity contribution in [2.75, 3.05) is 26.2 Å². The highest BCUT2D eigenvalue weighted by molar-refractivity contribution is 5.82. The van der Waals surface area contributed by atoms with Gasteiger partial charge >= 0.3 is 0 Å². The van der Waals surface area contributed by atoms with Gasteiger partial charge in [0.25, 0.3) is 0 Å². The van der Waals surface area contributed by atoms with Crippen LogP contribution in [0.1, 0.15) is 12.7 Å². The molecule has 17 heavy (non-hydrogen) atoms. The number of nitrogens with zero attached hydrogens (tertiary/aromatic N) is 3. The molecule has 0 aliphatic carbocycles. The van der Waals surface area contributed by atoms with Crippen molar-refractivity contribution in [3.63, 3.8) is 0 Å². The van der Waals surface area contributed by atoms with Crippen molar-refractivity contribution in [2.24, 2.45) is 0 Å². The SMILES string of the molecule is CCNC(=O)C1CNCCN1Cc1ncon1. The molecule has 1 atom stereocenters. The van der Waals surface area contributed by atoms with Gasteiger partial charge in [-0.25, -0.2) is 0 Å². The van der Waals surface area contributed by atoms with Crippen LogP contribution in [0.3, 0.4) is 0 Å². The molecule has 1 unspecified atom stereocenters. The lowest BCUT2D eigenvalue weighted by molar-refractivity contribution is -0.127. The van der Waals surface area contributed by atoms with Gasteiger partial charge < -0.3 is 15.2 Å². The third kappa shape index (κ3) is 3.01. The van der Waals surface area contributed by atoms with Crippen LogP contribution in [0.5, 0.6) is 0 Å². The fourth-order valence-corrected chi connectivity index (χ4v) is 1.93. The summed E-state index contributed by atoms with van der Waals surface area (Å²) >= 11 is 0. The number of rotatable bonds is 4. The standard InChI is InChI=1S/C10H17N5O2/c1-2-12-10(16)8-5-11-3-4-15(8)6-9-13-7-17-14-9/h7-8,11H,2-6H2,1H3,(H,12,16). The van der Waals surface area contributed by atoms with Crippen LogP contribution in [0.2, 0.25) is 0 Å². The molecule has 0 bridgehead atoms. The van der Waals surface area contributed by atoms with Crippen molar-refractivity contribution >= 4 is 5.91 Å². The Balaban J connectivity index is 1.99. The van der Waals surface area contributed by atoms with Crippen molar-refractivity contribution < 1.29 is 9.32 Å². The van der Waals surface area contributed by atoms with Crippen LogP contribution in [0.4, 0.5) is 0 Å². The van der Waals surface area contributed by atoms with E-state index in [2.05, 4.69) is 25.7 Å². The average Bonchev–Trinajstić information content (AvgIpc) is 2.83. The zero-order valence-corrected chi connectivity index (χ0v) is 9.85. The van der Waals surface area contributed by atoms with Crippen molar-refractivity contribution in [1.82, 2.24) is 25.7 Å². The Bertz CT molecular complexity index is 354. The number of hydrogen-bond acceptors (Lipinski definition) is 6. The lowest BCUT2D eigenvalue weighted by Crippen LogP contribution is -2.57. The first kappa shape index (κ1) is 12.0. The topological polar surface area (TPSA) is 83.3 Å². The minimum atomic E-state index is -0.165. The molecule has 1 aliphatic rings. The molecule has 7 heteroatoms. The van der Waals surface area contributed by atoms with Crippen molar-refractivity contribution in [3.05, 3.63) is 12.2 Å². The molecule has 0 aromatic carbocycles. The molecule has 1 aromatic heterocycles. The molecule has 0 saturated carbocycles. The summed E-state index contributed by atoms with van der Waals surface area (Å²) in [5.74, 6) is 0.657. The summed E-state index contributed by atoms with van der Waals surface area (Å²) in [6.45, 7) is 5.43. The van der Waals surface area contributed by atoms with E-state index in [0.717, 1.165) is 13.1 Å². The second kappa shape index (κ2) is 5.74. The summed E-state index contributed by atoms with van der Waals surface area (Å²) < 4.78 is 4.70. The average molecular weight is 239 g/mol. The van der Waals surface area contributed by atoms with Crippen LogP contribution < -0.4 is 10.6 Å². The summed E-state index contributed by atoms with van der Waals surface area (Å²) in [5, 5.41) is 9.83. The molecular formula is C10H17N5O2. The van der Waals surface area contributed by atoms with E-state index in [9.17, 15) is 4.79 Å². The van der Waals surface area contributed by atoms with Gasteiger partial charge in [-0.05, 0) is 6.92 Å². The van der Waals surface area contributed by atoms with E-state index >= 15 is 0 Å². The van der Waals surface area contributed by atoms with Crippen LogP contribution in [-0.2, 0) is 11.3 Å². The Morgan fingerprint density at radius 2 is 2.65 bits per heavy atom. The third-order valence-electron chi connectivity index (χ3n) is 2.76. The molecular weight excluding hydrogens is 222 g/mol. The van der Waals surface area contributed by atoms with Gasteiger partial charge in [-0.3, -0.25) is 9.69 Å². The molecule has 1 amide bonds. The first-order valence-electron chi connectivity index (χ1n) is 5.79. The number of piperazine rings is 1. The van der Waals surface area contributed by atoms with Gasteiger partial charge in [0.1, 0.15) is 6.04 Å². The summed E-state index contributed by atoms with van der Waals surface area (Å²) in [5.41, 5.74) is 0. The second-order valence-corrected chi connectivity index (χ2v) is 3.93. The second-order valence-electron chi connectivity index (χ2n) is 3.93. The Kier molecular flexibility index (Phi) is 4.05. The first-order valence-corrected chi connectivity index (χ1v) is 5.79. The van der Waals surface area contributed by atoms with Gasteiger partial charge in [0, 0.05) is 26.2 Å². The predicted molar refractivity (Wildman–Crippen MR) is 60.0 cm³/mol. The molecule has 1 fully saturated rings. The van der Waals surface area contributed by atoms with Gasteiger partial charge in [0.05, 0.1) is 6.54 Å². The van der Waals surface area contributed by atoms with Crippen LogP contribution >= 0.6 is 0 Å². The van der Waals surface area contributed by atoms with Gasteiger partial charge in [-0.2, -0.15) is 4.98 Å². The monoisotopic (exact) mass is 239 g/mol. The van der Waals surface area contributed by atoms with Gasteiger partial charge in [-0.1, -0.05) is 5.16 Å². The number of hydrogen-bond donors (Lipinski definition) is 2. The molecule has 0 radical (unpaired) electrons. The van der Waals surface area contributed by atoms with Gasteiger partial charge in [0.2, 0.25) is 12.3 Å². The molecule has 1 aliphatic heterocycles. The maximum Gasteiger partial charge on any atom is 0.238 e. The first-order chi connectivity index (χ1) is 8.31. The molecule has 1 aromatic rings. The minimum Gasteiger partial charge on any atom is -0.355 e. The van der Waals surface area contributed by atoms with Crippen molar-refractivity contribution in [3.8, 4) is 0 Å². The van der Waals surface area contributed by atoms with E-state index in [1.165, 1.54) is 6.39 Å². The Labute approximate surface area is 99.6 Å². The summed E-state index contributed by atoms with van der Waals surface area (Å²) in [6.07, 6.45) is 1.30. The number of likely N-dealkylation sites (N-methyl/N-ethyl adjacent to an activating group) is 1.